The van der Waals surface area contributed by atoms with Gasteiger partial charge in [-0.15, -0.1) is 0 Å². The minimum atomic E-state index is -0.776. The first-order valence-electron chi connectivity index (χ1n) is 8.76. The second-order valence-corrected chi connectivity index (χ2v) is 7.31. The average molecular weight is 415 g/mol. The molecule has 0 fully saturated rings. The topological polar surface area (TPSA) is 72.1 Å². The van der Waals surface area contributed by atoms with Gasteiger partial charge in [0.2, 0.25) is 5.91 Å². The van der Waals surface area contributed by atoms with Crippen LogP contribution in [0.25, 0.3) is 0 Å². The van der Waals surface area contributed by atoms with Gasteiger partial charge in [-0.3, -0.25) is 19.7 Å². The molecule has 0 radical (unpaired) electrons. The molecule has 2 unspecified atom stereocenters. The fourth-order valence-electron chi connectivity index (χ4n) is 3.19. The van der Waals surface area contributed by atoms with Crippen molar-refractivity contribution in [1.82, 2.24) is 14.9 Å². The highest BCUT2D eigenvalue weighted by Crippen LogP contribution is 2.36. The van der Waals surface area contributed by atoms with Crippen molar-refractivity contribution in [3.63, 3.8) is 0 Å². The van der Waals surface area contributed by atoms with E-state index < -0.39 is 11.9 Å². The number of pyridine rings is 2. The molecular formula is C21H20Cl2N4O. The van der Waals surface area contributed by atoms with Crippen molar-refractivity contribution in [1.29, 1.82) is 0 Å². The number of hydrogen-bond acceptors (Lipinski definition) is 4. The summed E-state index contributed by atoms with van der Waals surface area (Å²) in [5, 5.41) is 0.920. The summed E-state index contributed by atoms with van der Waals surface area (Å²) in [7, 11) is 0. The van der Waals surface area contributed by atoms with Crippen LogP contribution >= 0.6 is 23.2 Å². The monoisotopic (exact) mass is 414 g/mol. The molecule has 3 rings (SSSR count). The smallest absolute Gasteiger partial charge is 0.239 e. The van der Waals surface area contributed by atoms with Gasteiger partial charge in [0.15, 0.2) is 0 Å². The lowest BCUT2D eigenvalue weighted by molar-refractivity contribution is -0.124. The van der Waals surface area contributed by atoms with E-state index in [2.05, 4.69) is 9.97 Å². The number of rotatable bonds is 7. The molecule has 5 nitrogen and oxygen atoms in total. The Morgan fingerprint density at radius 2 is 1.82 bits per heavy atom. The van der Waals surface area contributed by atoms with Gasteiger partial charge >= 0.3 is 0 Å². The Kier molecular flexibility index (Phi) is 6.62. The molecule has 0 aliphatic carbocycles. The van der Waals surface area contributed by atoms with Crippen molar-refractivity contribution in [3.05, 3.63) is 94.0 Å². The van der Waals surface area contributed by atoms with Crippen LogP contribution in [0, 0.1) is 0 Å². The summed E-state index contributed by atoms with van der Waals surface area (Å²) in [6, 6.07) is 11.7. The summed E-state index contributed by atoms with van der Waals surface area (Å²) < 4.78 is 0. The zero-order valence-corrected chi connectivity index (χ0v) is 16.8. The second-order valence-electron chi connectivity index (χ2n) is 6.47. The van der Waals surface area contributed by atoms with Gasteiger partial charge < -0.3 is 5.73 Å². The molecule has 0 aliphatic heterocycles. The van der Waals surface area contributed by atoms with Gasteiger partial charge in [-0.05, 0) is 53.9 Å². The van der Waals surface area contributed by atoms with E-state index in [1.165, 1.54) is 0 Å². The molecule has 0 saturated carbocycles. The molecule has 1 amide bonds. The van der Waals surface area contributed by atoms with Gasteiger partial charge in [-0.1, -0.05) is 35.3 Å². The number of nitrogens with zero attached hydrogens (tertiary/aromatic N) is 3. The Morgan fingerprint density at radius 3 is 2.43 bits per heavy atom. The summed E-state index contributed by atoms with van der Waals surface area (Å²) in [5.74, 6) is -0.510. The predicted molar refractivity (Wildman–Crippen MR) is 111 cm³/mol. The van der Waals surface area contributed by atoms with Gasteiger partial charge in [0.1, 0.15) is 6.04 Å². The molecule has 3 aromatic rings. The molecule has 0 bridgehead atoms. The number of benzene rings is 1. The SMILES string of the molecule is CC(c1cccnc1)N(Cc1cccnc1)C(C(N)=O)c1cc(Cl)ccc1Cl. The molecule has 28 heavy (non-hydrogen) atoms. The Morgan fingerprint density at radius 1 is 1.11 bits per heavy atom. The Hall–Kier alpha value is -2.47. The summed E-state index contributed by atoms with van der Waals surface area (Å²) in [4.78, 5) is 22.9. The molecule has 2 N–H and O–H groups in total. The van der Waals surface area contributed by atoms with Crippen LogP contribution in [-0.4, -0.2) is 20.8 Å². The standard InChI is InChI=1S/C21H20Cl2N4O/c1-14(16-5-3-9-26-12-16)27(13-15-4-2-8-25-11-15)20(21(24)28)18-10-17(22)6-7-19(18)23/h2-12,14,20H,13H2,1H3,(H2,24,28). The van der Waals surface area contributed by atoms with Crippen LogP contribution in [0.4, 0.5) is 0 Å². The van der Waals surface area contributed by atoms with Gasteiger partial charge in [-0.25, -0.2) is 0 Å². The lowest BCUT2D eigenvalue weighted by Gasteiger charge is -2.35. The van der Waals surface area contributed by atoms with E-state index in [1.54, 1.807) is 43.0 Å². The van der Waals surface area contributed by atoms with E-state index in [1.807, 2.05) is 36.1 Å². The highest BCUT2D eigenvalue weighted by Gasteiger charge is 2.32. The first-order valence-corrected chi connectivity index (χ1v) is 9.52. The first-order chi connectivity index (χ1) is 13.5. The minimum Gasteiger partial charge on any atom is -0.368 e. The van der Waals surface area contributed by atoms with E-state index in [0.717, 1.165) is 11.1 Å². The fraction of sp³-hybridized carbons (Fsp3) is 0.190. The molecule has 0 spiro atoms. The lowest BCUT2D eigenvalue weighted by atomic mass is 9.99. The molecule has 7 heteroatoms. The molecule has 144 valence electrons. The lowest BCUT2D eigenvalue weighted by Crippen LogP contribution is -2.39. The predicted octanol–water partition coefficient (Wildman–Crippen LogP) is 4.57. The third kappa shape index (κ3) is 4.68. The molecule has 1 aromatic carbocycles. The number of aromatic nitrogens is 2. The molecule has 0 aliphatic rings. The van der Waals surface area contributed by atoms with Crippen molar-refractivity contribution >= 4 is 29.1 Å². The maximum atomic E-state index is 12.6. The fourth-order valence-corrected chi connectivity index (χ4v) is 3.59. The van der Waals surface area contributed by atoms with Crippen LogP contribution in [0.1, 0.15) is 35.7 Å². The number of carbonyl (C=O) groups excluding carboxylic acids is 1. The number of nitrogens with two attached hydrogens (primary N) is 1. The number of halogens is 2. The van der Waals surface area contributed by atoms with E-state index in [-0.39, 0.29) is 6.04 Å². The summed E-state index contributed by atoms with van der Waals surface area (Å²) in [6.07, 6.45) is 6.96. The second kappa shape index (κ2) is 9.15. The van der Waals surface area contributed by atoms with Gasteiger partial charge in [0, 0.05) is 47.4 Å². The van der Waals surface area contributed by atoms with Crippen LogP contribution in [0.2, 0.25) is 10.0 Å². The molecule has 0 saturated heterocycles. The van der Waals surface area contributed by atoms with Crippen molar-refractivity contribution in [2.75, 3.05) is 0 Å². The van der Waals surface area contributed by atoms with Gasteiger partial charge in [0.05, 0.1) is 0 Å². The van der Waals surface area contributed by atoms with Crippen molar-refractivity contribution in [2.24, 2.45) is 5.73 Å². The van der Waals surface area contributed by atoms with Crippen LogP contribution in [-0.2, 0) is 11.3 Å². The van der Waals surface area contributed by atoms with Gasteiger partial charge in [-0.2, -0.15) is 0 Å². The Balaban J connectivity index is 2.09. The van der Waals surface area contributed by atoms with E-state index in [0.29, 0.717) is 22.2 Å². The quantitative estimate of drug-likeness (QED) is 0.614. The summed E-state index contributed by atoms with van der Waals surface area (Å²) >= 11 is 12.6. The summed E-state index contributed by atoms with van der Waals surface area (Å²) in [5.41, 5.74) is 8.32. The number of primary amides is 1. The number of hydrogen-bond donors (Lipinski definition) is 1. The molecular weight excluding hydrogens is 395 g/mol. The molecule has 2 heterocycles. The largest absolute Gasteiger partial charge is 0.368 e. The van der Waals surface area contributed by atoms with Crippen molar-refractivity contribution < 1.29 is 4.79 Å². The Bertz CT molecular complexity index is 938. The highest BCUT2D eigenvalue weighted by molar-refractivity contribution is 6.33. The van der Waals surface area contributed by atoms with Crippen LogP contribution < -0.4 is 5.73 Å². The first kappa shape index (κ1) is 20.3. The third-order valence-electron chi connectivity index (χ3n) is 4.61. The highest BCUT2D eigenvalue weighted by atomic mass is 35.5. The zero-order valence-electron chi connectivity index (χ0n) is 15.3. The maximum absolute atomic E-state index is 12.6. The average Bonchev–Trinajstić information content (AvgIpc) is 2.70. The molecule has 2 aromatic heterocycles. The Labute approximate surface area is 174 Å². The minimum absolute atomic E-state index is 0.165. The van der Waals surface area contributed by atoms with Crippen LogP contribution in [0.3, 0.4) is 0 Å². The normalized spacial score (nSPS) is 13.3. The van der Waals surface area contributed by atoms with Crippen LogP contribution in [0.15, 0.2) is 67.3 Å². The van der Waals surface area contributed by atoms with Gasteiger partial charge in [0.25, 0.3) is 0 Å². The molecule has 2 atom stereocenters. The summed E-state index contributed by atoms with van der Waals surface area (Å²) in [6.45, 7) is 2.45. The maximum Gasteiger partial charge on any atom is 0.239 e. The third-order valence-corrected chi connectivity index (χ3v) is 5.19. The number of carbonyl (C=O) groups is 1. The van der Waals surface area contributed by atoms with E-state index in [4.69, 9.17) is 28.9 Å². The van der Waals surface area contributed by atoms with Crippen LogP contribution in [0.5, 0.6) is 0 Å². The zero-order chi connectivity index (χ0) is 20.1. The van der Waals surface area contributed by atoms with Crippen molar-refractivity contribution in [2.45, 2.75) is 25.6 Å². The van der Waals surface area contributed by atoms with Crippen molar-refractivity contribution in [3.8, 4) is 0 Å². The van der Waals surface area contributed by atoms with E-state index >= 15 is 0 Å². The number of amides is 1. The van der Waals surface area contributed by atoms with E-state index in [9.17, 15) is 4.79 Å².